The number of benzene rings is 5. The van der Waals surface area contributed by atoms with Crippen LogP contribution in [0.5, 0.6) is 11.5 Å². The molecule has 0 unspecified atom stereocenters. The molecule has 5 heteroatoms. The molecule has 1 saturated heterocycles. The molecule has 2 aromatic heterocycles. The van der Waals surface area contributed by atoms with Gasteiger partial charge in [-0.25, -0.2) is 4.98 Å². The molecule has 230 valence electrons. The normalized spacial score (nSPS) is 19.9. The first-order chi connectivity index (χ1) is 22.7. The highest BCUT2D eigenvalue weighted by molar-refractivity contribution is 6.09. The first-order valence-electron chi connectivity index (χ1n) is 16.3. The monoisotopic (exact) mass is 613 g/mol. The van der Waals surface area contributed by atoms with Crippen molar-refractivity contribution in [2.45, 2.75) is 26.2 Å². The van der Waals surface area contributed by atoms with Crippen molar-refractivity contribution in [3.63, 3.8) is 0 Å². The Balaban J connectivity index is 1.18. The van der Waals surface area contributed by atoms with Gasteiger partial charge in [-0.1, -0.05) is 81.4 Å². The van der Waals surface area contributed by atoms with Crippen molar-refractivity contribution in [3.05, 3.63) is 146 Å². The first-order valence-corrected chi connectivity index (χ1v) is 16.3. The van der Waals surface area contributed by atoms with E-state index in [1.165, 1.54) is 39.0 Å². The Kier molecular flexibility index (Phi) is 5.89. The van der Waals surface area contributed by atoms with Crippen LogP contribution >= 0.6 is 0 Å². The van der Waals surface area contributed by atoms with Gasteiger partial charge in [-0.15, -0.1) is 0 Å². The van der Waals surface area contributed by atoms with Gasteiger partial charge in [-0.3, -0.25) is 9.05 Å². The zero-order chi connectivity index (χ0) is 32.0. The summed E-state index contributed by atoms with van der Waals surface area (Å²) in [4.78, 5) is 4.71. The van der Waals surface area contributed by atoms with Gasteiger partial charge in [0.15, 0.2) is 18.0 Å². The molecule has 3 aliphatic heterocycles. The summed E-state index contributed by atoms with van der Waals surface area (Å²) in [6.45, 7) is 10.3. The average molecular weight is 614 g/mol. The van der Waals surface area contributed by atoms with E-state index >= 15 is 0 Å². The largest absolute Gasteiger partial charge is 0.457 e. The van der Waals surface area contributed by atoms with E-state index in [-0.39, 0.29) is 5.41 Å². The molecule has 7 aromatic rings. The summed E-state index contributed by atoms with van der Waals surface area (Å²) in [7, 11) is 2.32. The Hall–Kier alpha value is -5.23. The van der Waals surface area contributed by atoms with Gasteiger partial charge in [0.2, 0.25) is 0 Å². The number of ether oxygens (including phenoxy) is 1. The highest BCUT2D eigenvalue weighted by Crippen LogP contribution is 2.61. The van der Waals surface area contributed by atoms with Crippen LogP contribution in [-0.2, 0) is 5.41 Å². The van der Waals surface area contributed by atoms with Crippen molar-refractivity contribution in [1.29, 1.82) is 0 Å². The van der Waals surface area contributed by atoms with Crippen LogP contribution in [0.15, 0.2) is 134 Å². The smallest absolute Gasteiger partial charge is 0.181 e. The van der Waals surface area contributed by atoms with Crippen LogP contribution in [0.1, 0.15) is 26.3 Å². The average Bonchev–Trinajstić information content (AvgIpc) is 3.63. The zero-order valence-electron chi connectivity index (χ0n) is 27.2. The third-order valence-corrected chi connectivity index (χ3v) is 10.0. The Morgan fingerprint density at radius 1 is 0.681 bits per heavy atom. The van der Waals surface area contributed by atoms with Crippen LogP contribution in [0.25, 0.3) is 38.8 Å². The molecule has 5 aromatic carbocycles. The lowest BCUT2D eigenvalue weighted by molar-refractivity contribution is 0.157. The van der Waals surface area contributed by atoms with Crippen LogP contribution in [0.4, 0.5) is 17.1 Å². The van der Waals surface area contributed by atoms with Crippen LogP contribution in [0, 0.1) is 6.67 Å². The lowest BCUT2D eigenvalue weighted by atomic mass is 9.86. The Labute approximate surface area is 275 Å². The number of fused-ring (bicyclic) bond motifs is 3. The van der Waals surface area contributed by atoms with E-state index in [2.05, 4.69) is 154 Å². The predicted molar refractivity (Wildman–Crippen MR) is 194 cm³/mol. The maximum Gasteiger partial charge on any atom is 0.181 e. The summed E-state index contributed by atoms with van der Waals surface area (Å²) in [6.07, 6.45) is 1.84. The maximum absolute atomic E-state index is 6.81. The first kappa shape index (κ1) is 28.0. The van der Waals surface area contributed by atoms with Crippen molar-refractivity contribution < 1.29 is 4.74 Å². The lowest BCUT2D eigenvalue weighted by Gasteiger charge is -2.54. The molecule has 2 bridgehead atoms. The van der Waals surface area contributed by atoms with Gasteiger partial charge >= 0.3 is 0 Å². The Bertz CT molecular complexity index is 2330. The topological polar surface area (TPSA) is 27.1 Å². The van der Waals surface area contributed by atoms with Crippen molar-refractivity contribution in [3.8, 4) is 28.4 Å². The van der Waals surface area contributed by atoms with Gasteiger partial charge in [0.1, 0.15) is 23.0 Å². The van der Waals surface area contributed by atoms with Crippen LogP contribution < -0.4 is 13.7 Å². The van der Waals surface area contributed by atoms with E-state index in [4.69, 9.17) is 9.72 Å². The Morgan fingerprint density at radius 2 is 1.45 bits per heavy atom. The number of rotatable bonds is 5. The summed E-state index contributed by atoms with van der Waals surface area (Å²) in [5.41, 5.74) is 9.91. The van der Waals surface area contributed by atoms with Crippen LogP contribution in [0.3, 0.4) is 0 Å². The van der Waals surface area contributed by atoms with E-state index in [0.29, 0.717) is 4.48 Å². The van der Waals surface area contributed by atoms with E-state index in [0.717, 1.165) is 45.1 Å². The quantitative estimate of drug-likeness (QED) is 0.143. The van der Waals surface area contributed by atoms with E-state index in [9.17, 15) is 0 Å². The number of pyridine rings is 1. The molecule has 0 spiro atoms. The van der Waals surface area contributed by atoms with Gasteiger partial charge in [0, 0.05) is 47.3 Å². The van der Waals surface area contributed by atoms with Crippen LogP contribution in [0.2, 0.25) is 0 Å². The Morgan fingerprint density at radius 3 is 2.23 bits per heavy atom. The standard InChI is InChI=1S/C42H37N4O/c1-42(2,3)31-17-20-39-40(24-31)45(4)27-46(39,28-45)32-22-30(29-12-6-5-7-13-29)23-34(25-32)47-33-18-19-36-35-14-8-9-15-37(35)44(38(36)26-33)41-16-10-11-21-43-41/h5-27H,28H2,1-4H3/q+1/t45-,46+/m0/s1. The second-order valence-corrected chi connectivity index (χ2v) is 14.3. The highest BCUT2D eigenvalue weighted by Gasteiger charge is 2.59. The second-order valence-electron chi connectivity index (χ2n) is 14.3. The molecule has 47 heavy (non-hydrogen) atoms. The molecule has 0 aliphatic carbocycles. The van der Waals surface area contributed by atoms with Gasteiger partial charge in [0.05, 0.1) is 24.7 Å². The summed E-state index contributed by atoms with van der Waals surface area (Å²) in [5, 5.41) is 2.37. The fraction of sp³-hybridized carbons (Fsp3) is 0.143. The van der Waals surface area contributed by atoms with Crippen LogP contribution in [-0.4, -0.2) is 23.3 Å². The van der Waals surface area contributed by atoms with Crippen molar-refractivity contribution in [2.75, 3.05) is 13.7 Å². The summed E-state index contributed by atoms with van der Waals surface area (Å²) in [6, 6.07) is 45.4. The molecule has 0 saturated carbocycles. The zero-order valence-corrected chi connectivity index (χ0v) is 27.2. The highest BCUT2D eigenvalue weighted by atomic mass is 16.5. The van der Waals surface area contributed by atoms with E-state index in [1.54, 1.807) is 0 Å². The maximum atomic E-state index is 6.81. The number of nitrogens with zero attached hydrogens (tertiary/aromatic N) is 4. The fourth-order valence-corrected chi connectivity index (χ4v) is 7.73. The fourth-order valence-electron chi connectivity index (χ4n) is 7.73. The third-order valence-electron chi connectivity index (χ3n) is 10.0. The van der Waals surface area contributed by atoms with E-state index in [1.807, 2.05) is 18.3 Å². The van der Waals surface area contributed by atoms with Gasteiger partial charge in [-0.2, -0.15) is 0 Å². The lowest BCUT2D eigenvalue weighted by Crippen LogP contribution is -2.68. The molecule has 5 nitrogen and oxygen atoms in total. The van der Waals surface area contributed by atoms with E-state index < -0.39 is 0 Å². The number of quaternary nitrogens is 2. The second kappa shape index (κ2) is 9.88. The molecule has 5 heterocycles. The molecule has 0 radical (unpaired) electrons. The molecule has 1 fully saturated rings. The van der Waals surface area contributed by atoms with Crippen molar-refractivity contribution >= 4 is 38.9 Å². The summed E-state index contributed by atoms with van der Waals surface area (Å²) < 4.78 is 10.6. The van der Waals surface area contributed by atoms with Gasteiger partial charge < -0.3 is 9.22 Å². The molecular formula is C42H37N4O+. The minimum atomic E-state index is 0.0973. The van der Waals surface area contributed by atoms with Crippen molar-refractivity contribution in [1.82, 2.24) is 18.5 Å². The number of aromatic nitrogens is 2. The molecule has 0 N–H and O–H groups in total. The molecule has 0 amide bonds. The minimum absolute atomic E-state index is 0.0973. The predicted octanol–water partition coefficient (Wildman–Crippen LogP) is 10.6. The van der Waals surface area contributed by atoms with Crippen molar-refractivity contribution in [2.24, 2.45) is 0 Å². The van der Waals surface area contributed by atoms with Gasteiger partial charge in [0.25, 0.3) is 0 Å². The summed E-state index contributed by atoms with van der Waals surface area (Å²) >= 11 is 0. The number of para-hydroxylation sites is 1. The van der Waals surface area contributed by atoms with Gasteiger partial charge in [-0.05, 0) is 58.5 Å². The third kappa shape index (κ3) is 4.27. The number of hydrogen-bond acceptors (Lipinski definition) is 2. The minimum Gasteiger partial charge on any atom is -0.457 e. The SMILES string of the molecule is CC(C)(C)c1ccc2c(c1)[N@@+]1(C)[CH-][N@+]2(c2cc(Oc3ccc4c5ccccc5n(-c5ccccn5)c4c3)cc(-c3ccccc3)c2)C1. The number of hydrogen-bond donors (Lipinski definition) is 0. The molecule has 10 rings (SSSR count). The summed E-state index contributed by atoms with van der Waals surface area (Å²) in [5.74, 6) is 2.50. The molecule has 3 aliphatic rings. The molecule has 2 atom stereocenters. The molecular weight excluding hydrogens is 576 g/mol.